The first-order valence-corrected chi connectivity index (χ1v) is 5.25. The Balaban J connectivity index is 2.57. The molecule has 0 aliphatic rings. The van der Waals surface area contributed by atoms with Crippen LogP contribution in [-0.4, -0.2) is 4.57 Å². The van der Waals surface area contributed by atoms with Gasteiger partial charge >= 0.3 is 0 Å². The molecule has 0 spiro atoms. The Morgan fingerprint density at radius 1 is 1.20 bits per heavy atom. The van der Waals surface area contributed by atoms with E-state index < -0.39 is 0 Å². The third-order valence-corrected chi connectivity index (χ3v) is 2.65. The summed E-state index contributed by atoms with van der Waals surface area (Å²) in [7, 11) is 0. The van der Waals surface area contributed by atoms with Gasteiger partial charge in [0.1, 0.15) is 0 Å². The normalized spacial score (nSPS) is 10.5. The van der Waals surface area contributed by atoms with E-state index in [1.54, 1.807) is 0 Å². The van der Waals surface area contributed by atoms with Crippen LogP contribution in [-0.2, 0) is 6.42 Å². The molecule has 0 aliphatic carbocycles. The monoisotopic (exact) mass is 200 g/mol. The second-order valence-corrected chi connectivity index (χ2v) is 3.75. The van der Waals surface area contributed by atoms with Gasteiger partial charge in [0.05, 0.1) is 0 Å². The van der Waals surface area contributed by atoms with Crippen molar-refractivity contribution in [3.63, 3.8) is 0 Å². The smallest absolute Gasteiger partial charge is 0.0475 e. The minimum absolute atomic E-state index is 0.808. The molecule has 0 atom stereocenters. The number of nitrogen functional groups attached to an aromatic ring is 1. The summed E-state index contributed by atoms with van der Waals surface area (Å²) in [6.45, 7) is 4.28. The van der Waals surface area contributed by atoms with Crippen molar-refractivity contribution in [3.05, 3.63) is 47.8 Å². The maximum atomic E-state index is 5.79. The molecule has 2 rings (SSSR count). The van der Waals surface area contributed by atoms with E-state index >= 15 is 0 Å². The highest BCUT2D eigenvalue weighted by molar-refractivity contribution is 5.49. The van der Waals surface area contributed by atoms with Crippen LogP contribution in [0.2, 0.25) is 0 Å². The van der Waals surface area contributed by atoms with Crippen LogP contribution in [0.1, 0.15) is 18.3 Å². The second kappa shape index (κ2) is 3.81. The number of hydrogen-bond donors (Lipinski definition) is 1. The summed E-state index contributed by atoms with van der Waals surface area (Å²) in [5, 5.41) is 0. The molecule has 0 saturated heterocycles. The van der Waals surface area contributed by atoms with Crippen molar-refractivity contribution < 1.29 is 0 Å². The molecule has 2 N–H and O–H groups in total. The average Bonchev–Trinajstić information content (AvgIpc) is 2.59. The first kappa shape index (κ1) is 9.84. The quantitative estimate of drug-likeness (QED) is 0.742. The Morgan fingerprint density at radius 2 is 2.00 bits per heavy atom. The van der Waals surface area contributed by atoms with E-state index in [-0.39, 0.29) is 0 Å². The number of aryl methyl sites for hydroxylation is 2. The lowest BCUT2D eigenvalue weighted by Gasteiger charge is -2.11. The topological polar surface area (TPSA) is 30.9 Å². The molecular formula is C13H16N2. The zero-order valence-electron chi connectivity index (χ0n) is 9.20. The first-order chi connectivity index (χ1) is 7.22. The fraction of sp³-hybridized carbons (Fsp3) is 0.231. The summed E-state index contributed by atoms with van der Waals surface area (Å²) in [4.78, 5) is 0. The summed E-state index contributed by atoms with van der Waals surface area (Å²) in [6.07, 6.45) is 1.03. The molecule has 1 aromatic heterocycles. The van der Waals surface area contributed by atoms with Crippen LogP contribution in [0.15, 0.2) is 36.4 Å². The van der Waals surface area contributed by atoms with Gasteiger partial charge in [-0.1, -0.05) is 13.0 Å². The second-order valence-electron chi connectivity index (χ2n) is 3.75. The Morgan fingerprint density at radius 3 is 2.67 bits per heavy atom. The number of nitrogens with zero attached hydrogens (tertiary/aromatic N) is 1. The molecule has 2 heteroatoms. The van der Waals surface area contributed by atoms with Gasteiger partial charge in [-0.05, 0) is 43.7 Å². The lowest BCUT2D eigenvalue weighted by Crippen LogP contribution is -2.01. The van der Waals surface area contributed by atoms with E-state index in [0.717, 1.165) is 17.8 Å². The predicted octanol–water partition coefficient (Wildman–Crippen LogP) is 2.93. The van der Waals surface area contributed by atoms with Gasteiger partial charge < -0.3 is 10.3 Å². The summed E-state index contributed by atoms with van der Waals surface area (Å²) in [5.41, 5.74) is 10.3. The van der Waals surface area contributed by atoms with Gasteiger partial charge in [0.2, 0.25) is 0 Å². The van der Waals surface area contributed by atoms with Crippen molar-refractivity contribution >= 4 is 5.69 Å². The third-order valence-electron chi connectivity index (χ3n) is 2.65. The standard InChI is InChI=1S/C13H16N2/c1-3-12-8-7-10(2)15(12)13-6-4-5-11(14)9-13/h4-9H,3,14H2,1-2H3. The Hall–Kier alpha value is -1.70. The number of hydrogen-bond acceptors (Lipinski definition) is 1. The molecule has 78 valence electrons. The van der Waals surface area contributed by atoms with Gasteiger partial charge in [-0.3, -0.25) is 0 Å². The van der Waals surface area contributed by atoms with E-state index in [1.165, 1.54) is 11.4 Å². The fourth-order valence-corrected chi connectivity index (χ4v) is 1.90. The van der Waals surface area contributed by atoms with Crippen LogP contribution in [0.4, 0.5) is 5.69 Å². The maximum absolute atomic E-state index is 5.79. The number of benzene rings is 1. The van der Waals surface area contributed by atoms with Gasteiger partial charge in [-0.2, -0.15) is 0 Å². The van der Waals surface area contributed by atoms with Crippen LogP contribution < -0.4 is 5.73 Å². The van der Waals surface area contributed by atoms with E-state index in [9.17, 15) is 0 Å². The molecular weight excluding hydrogens is 184 g/mol. The van der Waals surface area contributed by atoms with Crippen molar-refractivity contribution in [3.8, 4) is 5.69 Å². The minimum Gasteiger partial charge on any atom is -0.399 e. The molecule has 2 aromatic rings. The molecule has 0 amide bonds. The van der Waals surface area contributed by atoms with Gasteiger partial charge in [0, 0.05) is 22.8 Å². The predicted molar refractivity (Wildman–Crippen MR) is 64.3 cm³/mol. The molecule has 1 aromatic carbocycles. The van der Waals surface area contributed by atoms with Gasteiger partial charge in [-0.15, -0.1) is 0 Å². The molecule has 15 heavy (non-hydrogen) atoms. The Labute approximate surface area is 90.3 Å². The number of nitrogens with two attached hydrogens (primary N) is 1. The summed E-state index contributed by atoms with van der Waals surface area (Å²) >= 11 is 0. The van der Waals surface area contributed by atoms with Crippen molar-refractivity contribution in [2.75, 3.05) is 5.73 Å². The van der Waals surface area contributed by atoms with Crippen molar-refractivity contribution in [1.29, 1.82) is 0 Å². The average molecular weight is 200 g/mol. The molecule has 0 radical (unpaired) electrons. The van der Waals surface area contributed by atoms with Crippen molar-refractivity contribution in [2.45, 2.75) is 20.3 Å². The van der Waals surface area contributed by atoms with Crippen LogP contribution >= 0.6 is 0 Å². The minimum atomic E-state index is 0.808. The molecule has 0 unspecified atom stereocenters. The first-order valence-electron chi connectivity index (χ1n) is 5.25. The largest absolute Gasteiger partial charge is 0.399 e. The van der Waals surface area contributed by atoms with Crippen molar-refractivity contribution in [1.82, 2.24) is 4.57 Å². The van der Waals surface area contributed by atoms with E-state index in [4.69, 9.17) is 5.73 Å². The maximum Gasteiger partial charge on any atom is 0.0475 e. The SMILES string of the molecule is CCc1ccc(C)n1-c1cccc(N)c1. The number of aromatic nitrogens is 1. The van der Waals surface area contributed by atoms with E-state index in [1.807, 2.05) is 18.2 Å². The van der Waals surface area contributed by atoms with Crippen molar-refractivity contribution in [2.24, 2.45) is 0 Å². The number of anilines is 1. The van der Waals surface area contributed by atoms with Gasteiger partial charge in [0.15, 0.2) is 0 Å². The fourth-order valence-electron chi connectivity index (χ4n) is 1.90. The summed E-state index contributed by atoms with van der Waals surface area (Å²) in [5.74, 6) is 0. The zero-order valence-corrected chi connectivity index (χ0v) is 9.20. The van der Waals surface area contributed by atoms with E-state index in [2.05, 4.69) is 36.6 Å². The Kier molecular flexibility index (Phi) is 2.50. The highest BCUT2D eigenvalue weighted by Gasteiger charge is 2.05. The van der Waals surface area contributed by atoms with Crippen LogP contribution in [0.25, 0.3) is 5.69 Å². The summed E-state index contributed by atoms with van der Waals surface area (Å²) in [6, 6.07) is 12.3. The molecule has 0 saturated carbocycles. The zero-order chi connectivity index (χ0) is 10.8. The van der Waals surface area contributed by atoms with Gasteiger partial charge in [0.25, 0.3) is 0 Å². The number of rotatable bonds is 2. The lowest BCUT2D eigenvalue weighted by molar-refractivity contribution is 0.907. The molecule has 0 fully saturated rings. The van der Waals surface area contributed by atoms with Crippen LogP contribution in [0, 0.1) is 6.92 Å². The molecule has 2 nitrogen and oxygen atoms in total. The Bertz CT molecular complexity index is 469. The van der Waals surface area contributed by atoms with Crippen LogP contribution in [0.3, 0.4) is 0 Å². The molecule has 0 bridgehead atoms. The van der Waals surface area contributed by atoms with E-state index in [0.29, 0.717) is 0 Å². The molecule has 1 heterocycles. The lowest BCUT2D eigenvalue weighted by atomic mass is 10.2. The summed E-state index contributed by atoms with van der Waals surface area (Å²) < 4.78 is 2.25. The highest BCUT2D eigenvalue weighted by atomic mass is 15.0. The van der Waals surface area contributed by atoms with Gasteiger partial charge in [-0.25, -0.2) is 0 Å². The third kappa shape index (κ3) is 1.75. The molecule has 0 aliphatic heterocycles. The van der Waals surface area contributed by atoms with Crippen LogP contribution in [0.5, 0.6) is 0 Å². The highest BCUT2D eigenvalue weighted by Crippen LogP contribution is 2.18.